The van der Waals surface area contributed by atoms with Crippen molar-refractivity contribution in [1.82, 2.24) is 10.6 Å². The maximum atomic E-state index is 12.0. The molecule has 176 valence electrons. The van der Waals surface area contributed by atoms with Crippen molar-refractivity contribution in [3.63, 3.8) is 0 Å². The van der Waals surface area contributed by atoms with E-state index in [1.165, 1.54) is 24.3 Å². The second-order valence-corrected chi connectivity index (χ2v) is 7.00. The third-order valence-corrected chi connectivity index (χ3v) is 4.23. The minimum absolute atomic E-state index is 0.284. The minimum atomic E-state index is -0.612. The lowest BCUT2D eigenvalue weighted by Crippen LogP contribution is -2.29. The Morgan fingerprint density at radius 3 is 1.33 bits per heavy atom. The van der Waals surface area contributed by atoms with Gasteiger partial charge in [0.25, 0.3) is 11.8 Å². The van der Waals surface area contributed by atoms with Crippen LogP contribution in [0.5, 0.6) is 11.5 Å². The van der Waals surface area contributed by atoms with Gasteiger partial charge in [0.1, 0.15) is 11.5 Å². The van der Waals surface area contributed by atoms with Crippen molar-refractivity contribution in [2.45, 2.75) is 26.7 Å². The fraction of sp³-hybridized carbons (Fsp3) is 0.333. The quantitative estimate of drug-likeness (QED) is 0.471. The molecule has 0 aliphatic carbocycles. The zero-order valence-corrected chi connectivity index (χ0v) is 18.7. The fourth-order valence-corrected chi connectivity index (χ4v) is 2.51. The zero-order valence-electron chi connectivity index (χ0n) is 18.7. The monoisotopic (exact) mass is 456 g/mol. The molecule has 2 aromatic carbocycles. The maximum Gasteiger partial charge on any atom is 0.338 e. The van der Waals surface area contributed by atoms with E-state index in [2.05, 4.69) is 10.6 Å². The summed E-state index contributed by atoms with van der Waals surface area (Å²) in [5, 5.41) is 5.25. The SMILES string of the molecule is CCCNC(=O)COC(=O)c1ccc(Oc2ccc(C(=O)OCC(=O)NCCC)cc2)cc1. The highest BCUT2D eigenvalue weighted by molar-refractivity contribution is 5.92. The number of hydrogen-bond acceptors (Lipinski definition) is 7. The Bertz CT molecular complexity index is 863. The van der Waals surface area contributed by atoms with Crippen molar-refractivity contribution < 1.29 is 33.4 Å². The Kier molecular flexibility index (Phi) is 10.4. The van der Waals surface area contributed by atoms with Gasteiger partial charge in [0.15, 0.2) is 13.2 Å². The summed E-state index contributed by atoms with van der Waals surface area (Å²) < 4.78 is 15.6. The molecule has 0 saturated carbocycles. The molecule has 0 aromatic heterocycles. The van der Waals surface area contributed by atoms with Gasteiger partial charge in [-0.2, -0.15) is 0 Å². The van der Waals surface area contributed by atoms with Gasteiger partial charge in [-0.15, -0.1) is 0 Å². The molecule has 33 heavy (non-hydrogen) atoms. The largest absolute Gasteiger partial charge is 0.457 e. The van der Waals surface area contributed by atoms with Crippen LogP contribution in [0, 0.1) is 0 Å². The molecule has 0 saturated heterocycles. The summed E-state index contributed by atoms with van der Waals surface area (Å²) in [5.74, 6) is -0.987. The van der Waals surface area contributed by atoms with Crippen LogP contribution >= 0.6 is 0 Å². The molecule has 0 spiro atoms. The van der Waals surface area contributed by atoms with E-state index in [0.717, 1.165) is 12.8 Å². The van der Waals surface area contributed by atoms with Crippen molar-refractivity contribution in [3.8, 4) is 11.5 Å². The highest BCUT2D eigenvalue weighted by Gasteiger charge is 2.12. The number of amides is 2. The normalized spacial score (nSPS) is 10.1. The molecule has 0 aliphatic rings. The van der Waals surface area contributed by atoms with Crippen LogP contribution in [0.4, 0.5) is 0 Å². The molecule has 9 nitrogen and oxygen atoms in total. The van der Waals surface area contributed by atoms with E-state index in [-0.39, 0.29) is 36.2 Å². The first-order chi connectivity index (χ1) is 15.9. The molecule has 0 fully saturated rings. The third-order valence-electron chi connectivity index (χ3n) is 4.23. The number of benzene rings is 2. The molecule has 2 aromatic rings. The first-order valence-electron chi connectivity index (χ1n) is 10.7. The Hall–Kier alpha value is -3.88. The predicted molar refractivity (Wildman–Crippen MR) is 120 cm³/mol. The Morgan fingerprint density at radius 1 is 0.636 bits per heavy atom. The van der Waals surface area contributed by atoms with Crippen LogP contribution < -0.4 is 15.4 Å². The van der Waals surface area contributed by atoms with Crippen LogP contribution in [-0.4, -0.2) is 50.1 Å². The molecule has 0 unspecified atom stereocenters. The van der Waals surface area contributed by atoms with Gasteiger partial charge in [0, 0.05) is 13.1 Å². The topological polar surface area (TPSA) is 120 Å². The van der Waals surface area contributed by atoms with Crippen LogP contribution in [-0.2, 0) is 19.1 Å². The van der Waals surface area contributed by atoms with Gasteiger partial charge in [-0.1, -0.05) is 13.8 Å². The minimum Gasteiger partial charge on any atom is -0.457 e. The number of esters is 2. The van der Waals surface area contributed by atoms with E-state index in [0.29, 0.717) is 24.6 Å². The highest BCUT2D eigenvalue weighted by atomic mass is 16.5. The van der Waals surface area contributed by atoms with Gasteiger partial charge in [0.2, 0.25) is 0 Å². The highest BCUT2D eigenvalue weighted by Crippen LogP contribution is 2.22. The lowest BCUT2D eigenvalue weighted by molar-refractivity contribution is -0.124. The van der Waals surface area contributed by atoms with E-state index in [9.17, 15) is 19.2 Å². The van der Waals surface area contributed by atoms with E-state index in [1.54, 1.807) is 24.3 Å². The van der Waals surface area contributed by atoms with Crippen molar-refractivity contribution >= 4 is 23.8 Å². The summed E-state index contributed by atoms with van der Waals surface area (Å²) in [7, 11) is 0. The van der Waals surface area contributed by atoms with Crippen LogP contribution in [0.1, 0.15) is 47.4 Å². The Labute approximate surface area is 192 Å². The second kappa shape index (κ2) is 13.5. The van der Waals surface area contributed by atoms with Crippen LogP contribution in [0.3, 0.4) is 0 Å². The van der Waals surface area contributed by atoms with Gasteiger partial charge in [-0.25, -0.2) is 9.59 Å². The van der Waals surface area contributed by atoms with Crippen molar-refractivity contribution in [1.29, 1.82) is 0 Å². The molecule has 0 bridgehead atoms. The smallest absolute Gasteiger partial charge is 0.338 e. The van der Waals surface area contributed by atoms with E-state index in [4.69, 9.17) is 14.2 Å². The fourth-order valence-electron chi connectivity index (χ4n) is 2.51. The lowest BCUT2D eigenvalue weighted by atomic mass is 10.2. The van der Waals surface area contributed by atoms with Crippen molar-refractivity contribution in [3.05, 3.63) is 59.7 Å². The molecule has 0 heterocycles. The molecule has 2 amide bonds. The van der Waals surface area contributed by atoms with Crippen LogP contribution in [0.2, 0.25) is 0 Å². The second-order valence-electron chi connectivity index (χ2n) is 7.00. The van der Waals surface area contributed by atoms with Crippen LogP contribution in [0.15, 0.2) is 48.5 Å². The maximum absolute atomic E-state index is 12.0. The Balaban J connectivity index is 1.83. The van der Waals surface area contributed by atoms with Gasteiger partial charge < -0.3 is 24.8 Å². The predicted octanol–water partition coefficient (Wildman–Crippen LogP) is 2.84. The number of hydrogen-bond donors (Lipinski definition) is 2. The summed E-state index contributed by atoms with van der Waals surface area (Å²) >= 11 is 0. The van der Waals surface area contributed by atoms with E-state index in [1.807, 2.05) is 13.8 Å². The summed E-state index contributed by atoms with van der Waals surface area (Å²) in [6.07, 6.45) is 1.59. The first kappa shape index (κ1) is 25.4. The molecule has 0 atom stereocenters. The standard InChI is InChI=1S/C24H28N2O7/c1-3-13-25-21(27)15-31-23(29)17-5-9-19(10-6-17)33-20-11-7-18(8-12-20)24(30)32-16-22(28)26-14-4-2/h5-12H,3-4,13-16H2,1-2H3,(H,25,27)(H,26,28). The van der Waals surface area contributed by atoms with Gasteiger partial charge in [0.05, 0.1) is 11.1 Å². The molecule has 2 N–H and O–H groups in total. The number of carbonyl (C=O) groups excluding carboxylic acids is 4. The molecular formula is C24H28N2O7. The van der Waals surface area contributed by atoms with E-state index < -0.39 is 11.9 Å². The van der Waals surface area contributed by atoms with Crippen molar-refractivity contribution in [2.75, 3.05) is 26.3 Å². The summed E-state index contributed by atoms with van der Waals surface area (Å²) in [6, 6.07) is 12.5. The van der Waals surface area contributed by atoms with Gasteiger partial charge >= 0.3 is 11.9 Å². The van der Waals surface area contributed by atoms with Crippen molar-refractivity contribution in [2.24, 2.45) is 0 Å². The number of nitrogens with one attached hydrogen (secondary N) is 2. The third kappa shape index (κ3) is 9.02. The molecule has 0 radical (unpaired) electrons. The molecule has 2 rings (SSSR count). The zero-order chi connectivity index (χ0) is 24.1. The molecular weight excluding hydrogens is 428 g/mol. The lowest BCUT2D eigenvalue weighted by Gasteiger charge is -2.09. The molecule has 9 heteroatoms. The first-order valence-corrected chi connectivity index (χ1v) is 10.7. The average Bonchev–Trinajstić information content (AvgIpc) is 2.84. The van der Waals surface area contributed by atoms with Crippen LogP contribution in [0.25, 0.3) is 0 Å². The summed E-state index contributed by atoms with van der Waals surface area (Å²) in [4.78, 5) is 47.1. The van der Waals surface area contributed by atoms with Gasteiger partial charge in [-0.3, -0.25) is 9.59 Å². The number of carbonyl (C=O) groups is 4. The molecule has 0 aliphatic heterocycles. The summed E-state index contributed by atoms with van der Waals surface area (Å²) in [5.41, 5.74) is 0.568. The Morgan fingerprint density at radius 2 is 1.00 bits per heavy atom. The van der Waals surface area contributed by atoms with Gasteiger partial charge in [-0.05, 0) is 61.4 Å². The number of rotatable bonds is 12. The number of ether oxygens (including phenoxy) is 3. The average molecular weight is 456 g/mol. The van der Waals surface area contributed by atoms with E-state index >= 15 is 0 Å². The summed E-state index contributed by atoms with van der Waals surface area (Å²) in [6.45, 7) is 4.23.